The fourth-order valence-corrected chi connectivity index (χ4v) is 1.47. The topological polar surface area (TPSA) is 199 Å². The van der Waals surface area contributed by atoms with E-state index in [-0.39, 0.29) is 39.1 Å². The number of ether oxygens (including phenoxy) is 3. The molecule has 0 radical (unpaired) electrons. The van der Waals surface area contributed by atoms with E-state index in [1.54, 1.807) is 0 Å². The van der Waals surface area contributed by atoms with Crippen molar-refractivity contribution in [3.63, 3.8) is 0 Å². The van der Waals surface area contributed by atoms with Crippen LogP contribution in [0.4, 0.5) is 0 Å². The summed E-state index contributed by atoms with van der Waals surface area (Å²) in [6.45, 7) is 12.5. The Hall–Kier alpha value is -1.99. The molecule has 0 aliphatic carbocycles. The van der Waals surface area contributed by atoms with Gasteiger partial charge >= 0.3 is 21.7 Å². The van der Waals surface area contributed by atoms with Crippen molar-refractivity contribution in [2.75, 3.05) is 26.4 Å². The van der Waals surface area contributed by atoms with Gasteiger partial charge in [-0.3, -0.25) is 14.4 Å². The maximum atomic E-state index is 9.83. The number of carboxylic acid groups (broad SMARTS) is 3. The molecule has 0 fully saturated rings. The molecule has 0 heterocycles. The fourth-order valence-electron chi connectivity index (χ4n) is 1.47. The fraction of sp³-hybridized carbons (Fsp3) is 0.696. The molecule has 0 saturated carbocycles. The van der Waals surface area contributed by atoms with Gasteiger partial charge in [-0.15, -0.1) is 0 Å². The Labute approximate surface area is 227 Å². The molecule has 0 aliphatic rings. The summed E-state index contributed by atoms with van der Waals surface area (Å²) in [6.07, 6.45) is 2.22. The quantitative estimate of drug-likeness (QED) is 0.0967. The second kappa shape index (κ2) is 33.0. The predicted molar refractivity (Wildman–Crippen MR) is 118 cm³/mol. The normalized spacial score (nSPS) is 9.08. The molecule has 0 spiro atoms. The minimum Gasteiger partial charge on any atom is -0.550 e. The number of ketones is 3. The smallest absolute Gasteiger partial charge is 0.550 e. The molecule has 13 heteroatoms. The van der Waals surface area contributed by atoms with Crippen LogP contribution < -0.4 is 15.3 Å². The van der Waals surface area contributed by atoms with Crippen LogP contribution >= 0.6 is 0 Å². The van der Waals surface area contributed by atoms with E-state index in [2.05, 4.69) is 20.8 Å². The second-order valence-electron chi connectivity index (χ2n) is 6.87. The Bertz CT molecular complexity index is 502. The van der Waals surface area contributed by atoms with Crippen LogP contribution in [0, 0.1) is 6.29 Å². The van der Waals surface area contributed by atoms with Crippen LogP contribution in [0.1, 0.15) is 80.1 Å². The maximum Gasteiger partial charge on any atom is 4.00 e. The van der Waals surface area contributed by atoms with Crippen LogP contribution in [0.15, 0.2) is 0 Å². The van der Waals surface area contributed by atoms with Gasteiger partial charge in [-0.2, -0.15) is 0 Å². The van der Waals surface area contributed by atoms with Crippen molar-refractivity contribution in [3.8, 4) is 0 Å². The van der Waals surface area contributed by atoms with Crippen molar-refractivity contribution in [2.24, 2.45) is 0 Å². The molecule has 36 heavy (non-hydrogen) atoms. The second-order valence-corrected chi connectivity index (χ2v) is 6.87. The number of carbonyl (C=O) groups is 6. The van der Waals surface area contributed by atoms with E-state index in [4.69, 9.17) is 14.2 Å². The van der Waals surface area contributed by atoms with E-state index in [1.165, 1.54) is 20.8 Å². The molecule has 0 aromatic heterocycles. The first kappa shape index (κ1) is 44.0. The zero-order chi connectivity index (χ0) is 28.2. The van der Waals surface area contributed by atoms with Gasteiger partial charge in [0.1, 0.15) is 17.3 Å². The monoisotopic (exact) mass is 554 g/mol. The first-order chi connectivity index (χ1) is 16.2. The zero-order valence-electron chi connectivity index (χ0n) is 22.0. The summed E-state index contributed by atoms with van der Waals surface area (Å²) in [7, 11) is 0. The molecule has 0 bridgehead atoms. The van der Waals surface area contributed by atoms with Crippen LogP contribution in [0.5, 0.6) is 0 Å². The van der Waals surface area contributed by atoms with Crippen LogP contribution in [-0.4, -0.2) is 61.7 Å². The zero-order valence-corrected chi connectivity index (χ0v) is 23.5. The number of hydrogen-bond donors (Lipinski definition) is 0. The van der Waals surface area contributed by atoms with Gasteiger partial charge in [0.2, 0.25) is 0 Å². The van der Waals surface area contributed by atoms with Gasteiger partial charge in [0, 0.05) is 57.0 Å². The molecule has 0 unspecified atom stereocenters. The SMILES string of the molecule is CC(=O)CC(=O)[O-].CC(=O)CC(=O)[O-].CC(=O)CC(=O)[O-].CCCOC[C-](OCCC)OCCC.[Ti+4]. The van der Waals surface area contributed by atoms with Crippen molar-refractivity contribution < 1.29 is 80.0 Å². The minimum atomic E-state index is -1.31. The summed E-state index contributed by atoms with van der Waals surface area (Å²) >= 11 is 0. The van der Waals surface area contributed by atoms with Crippen molar-refractivity contribution in [1.29, 1.82) is 0 Å². The Morgan fingerprint density at radius 2 is 0.861 bits per heavy atom. The largest absolute Gasteiger partial charge is 4.00 e. The summed E-state index contributed by atoms with van der Waals surface area (Å²) in [5.41, 5.74) is 0. The Kier molecular flexibility index (Phi) is 40.4. The van der Waals surface area contributed by atoms with E-state index in [9.17, 15) is 44.1 Å². The van der Waals surface area contributed by atoms with E-state index < -0.39 is 37.2 Å². The predicted octanol–water partition coefficient (Wildman–Crippen LogP) is -1.10. The average Bonchev–Trinajstić information content (AvgIpc) is 2.68. The molecule has 206 valence electrons. The first-order valence-electron chi connectivity index (χ1n) is 11.0. The van der Waals surface area contributed by atoms with Crippen molar-refractivity contribution >= 4 is 35.3 Å². The van der Waals surface area contributed by atoms with E-state index in [0.717, 1.165) is 25.9 Å². The molecule has 0 aliphatic heterocycles. The minimum absolute atomic E-state index is 0. The van der Waals surface area contributed by atoms with Gasteiger partial charge in [-0.25, -0.2) is 0 Å². The third-order valence-corrected chi connectivity index (χ3v) is 2.68. The summed E-state index contributed by atoms with van der Waals surface area (Å²) in [4.78, 5) is 57.9. The molecule has 0 rings (SSSR count). The third kappa shape index (κ3) is 58.1. The summed E-state index contributed by atoms with van der Waals surface area (Å²) in [6, 6.07) is 0. The van der Waals surface area contributed by atoms with Crippen LogP contribution in [0.3, 0.4) is 0 Å². The molecule has 0 saturated heterocycles. The Morgan fingerprint density at radius 1 is 0.583 bits per heavy atom. The van der Waals surface area contributed by atoms with Crippen LogP contribution in [0.25, 0.3) is 0 Å². The molecule has 0 atom stereocenters. The van der Waals surface area contributed by atoms with Crippen LogP contribution in [-0.2, 0) is 64.7 Å². The van der Waals surface area contributed by atoms with E-state index in [1.807, 2.05) is 0 Å². The maximum absolute atomic E-state index is 9.83. The average molecular weight is 554 g/mol. The molecule has 0 N–H and O–H groups in total. The number of carboxylic acids is 3. The van der Waals surface area contributed by atoms with E-state index >= 15 is 0 Å². The number of Topliss-reactive ketones (excluding diaryl/α,β-unsaturated/α-hetero) is 3. The molecule has 0 aromatic rings. The van der Waals surface area contributed by atoms with Gasteiger partial charge in [-0.1, -0.05) is 27.1 Å². The van der Waals surface area contributed by atoms with Gasteiger partial charge in [0.25, 0.3) is 0 Å². The summed E-state index contributed by atoms with van der Waals surface area (Å²) < 4.78 is 16.2. The molecule has 0 aromatic carbocycles. The first-order valence-corrected chi connectivity index (χ1v) is 11.0. The standard InChI is InChI=1S/C11H23O3.3C4H6O3.Ti/c1-4-7-12-10-11(13-8-5-2)14-9-6-3;3*1-3(5)2-4(6)7;/h4-10H2,1-3H3;3*2H2,1H3,(H,6,7);/q-1;;;;+4/p-3. The molecule has 12 nitrogen and oxygen atoms in total. The third-order valence-electron chi connectivity index (χ3n) is 2.68. The number of carbonyl (C=O) groups excluding carboxylic acids is 6. The van der Waals surface area contributed by atoms with Gasteiger partial charge in [-0.05, 0) is 46.6 Å². The van der Waals surface area contributed by atoms with E-state index in [0.29, 0.717) is 26.1 Å². The summed E-state index contributed by atoms with van der Waals surface area (Å²) in [5, 5.41) is 28.4. The Balaban J connectivity index is -0.000000125. The van der Waals surface area contributed by atoms with Crippen molar-refractivity contribution in [3.05, 3.63) is 6.29 Å². The van der Waals surface area contributed by atoms with Gasteiger partial charge in [0.05, 0.1) is 0 Å². The molecular weight excluding hydrogens is 516 g/mol. The molecular formula is C23H38O12Ti. The number of rotatable bonds is 16. The van der Waals surface area contributed by atoms with Gasteiger partial charge in [0.15, 0.2) is 0 Å². The van der Waals surface area contributed by atoms with Gasteiger partial charge < -0.3 is 43.9 Å². The molecule has 0 amide bonds. The summed E-state index contributed by atoms with van der Waals surface area (Å²) in [5.74, 6) is -5.06. The van der Waals surface area contributed by atoms with Crippen LogP contribution in [0.2, 0.25) is 0 Å². The Morgan fingerprint density at radius 3 is 1.03 bits per heavy atom. The van der Waals surface area contributed by atoms with Crippen molar-refractivity contribution in [1.82, 2.24) is 0 Å². The number of hydrogen-bond acceptors (Lipinski definition) is 12. The van der Waals surface area contributed by atoms with Crippen molar-refractivity contribution in [2.45, 2.75) is 80.1 Å². The number of aliphatic carboxylic acids is 3.